The summed E-state index contributed by atoms with van der Waals surface area (Å²) < 4.78 is 10.5. The topological polar surface area (TPSA) is 76.7 Å². The second-order valence-electron chi connectivity index (χ2n) is 4.18. The maximum atomic E-state index is 11.6. The summed E-state index contributed by atoms with van der Waals surface area (Å²) in [4.78, 5) is 22.5. The Labute approximate surface area is 109 Å². The number of furan rings is 1. The number of carbonyl (C=O) groups is 2. The van der Waals surface area contributed by atoms with Gasteiger partial charge in [-0.25, -0.2) is 4.79 Å². The standard InChI is InChI=1S/C14H14O5/c1-3-18-14(17)8(2)12-7-10-6-9(13(15)16)4-5-11(10)19-12/h4-8H,3H2,1-2H3,(H,15,16). The SMILES string of the molecule is CCOC(=O)C(C)c1cc2cc(C(=O)O)ccc2o1. The maximum Gasteiger partial charge on any atom is 0.335 e. The fourth-order valence-corrected chi connectivity index (χ4v) is 1.79. The van der Waals surface area contributed by atoms with Crippen LogP contribution in [0.5, 0.6) is 0 Å². The molecule has 0 amide bonds. The van der Waals surface area contributed by atoms with Crippen molar-refractivity contribution >= 4 is 22.9 Å². The number of rotatable bonds is 4. The number of aromatic carboxylic acids is 1. The molecule has 1 unspecified atom stereocenters. The molecule has 1 atom stereocenters. The van der Waals surface area contributed by atoms with E-state index in [0.29, 0.717) is 23.3 Å². The van der Waals surface area contributed by atoms with Crippen LogP contribution in [-0.4, -0.2) is 23.7 Å². The first kappa shape index (κ1) is 13.1. The van der Waals surface area contributed by atoms with Gasteiger partial charge in [0, 0.05) is 5.39 Å². The Morgan fingerprint density at radius 1 is 1.37 bits per heavy atom. The lowest BCUT2D eigenvalue weighted by Gasteiger charge is -2.06. The summed E-state index contributed by atoms with van der Waals surface area (Å²) in [5.41, 5.74) is 0.736. The lowest BCUT2D eigenvalue weighted by Crippen LogP contribution is -2.12. The fraction of sp³-hybridized carbons (Fsp3) is 0.286. The zero-order valence-electron chi connectivity index (χ0n) is 10.7. The van der Waals surface area contributed by atoms with E-state index >= 15 is 0 Å². The Balaban J connectivity index is 2.36. The molecule has 0 saturated carbocycles. The number of ether oxygens (including phenoxy) is 1. The van der Waals surface area contributed by atoms with Gasteiger partial charge >= 0.3 is 11.9 Å². The van der Waals surface area contributed by atoms with Crippen molar-refractivity contribution in [3.8, 4) is 0 Å². The van der Waals surface area contributed by atoms with E-state index in [4.69, 9.17) is 14.3 Å². The molecule has 0 bridgehead atoms. The van der Waals surface area contributed by atoms with E-state index in [-0.39, 0.29) is 11.5 Å². The zero-order valence-corrected chi connectivity index (χ0v) is 10.7. The second-order valence-corrected chi connectivity index (χ2v) is 4.18. The Morgan fingerprint density at radius 3 is 2.74 bits per heavy atom. The molecule has 0 spiro atoms. The van der Waals surface area contributed by atoms with Gasteiger partial charge in [0.25, 0.3) is 0 Å². The minimum atomic E-state index is -0.997. The summed E-state index contributed by atoms with van der Waals surface area (Å²) in [6.07, 6.45) is 0. The van der Waals surface area contributed by atoms with E-state index in [1.807, 2.05) is 0 Å². The molecule has 100 valence electrons. The van der Waals surface area contributed by atoms with Crippen molar-refractivity contribution in [1.82, 2.24) is 0 Å². The van der Waals surface area contributed by atoms with Crippen LogP contribution in [0.3, 0.4) is 0 Å². The van der Waals surface area contributed by atoms with Gasteiger partial charge in [-0.15, -0.1) is 0 Å². The van der Waals surface area contributed by atoms with Crippen LogP contribution in [0.1, 0.15) is 35.9 Å². The van der Waals surface area contributed by atoms with Crippen molar-refractivity contribution in [3.63, 3.8) is 0 Å². The molecular weight excluding hydrogens is 248 g/mol. The van der Waals surface area contributed by atoms with Gasteiger partial charge in [-0.1, -0.05) is 0 Å². The van der Waals surface area contributed by atoms with Gasteiger partial charge in [0.2, 0.25) is 0 Å². The molecule has 0 aliphatic carbocycles. The van der Waals surface area contributed by atoms with Crippen molar-refractivity contribution in [2.45, 2.75) is 19.8 Å². The Bertz CT molecular complexity index is 626. The summed E-state index contributed by atoms with van der Waals surface area (Å²) >= 11 is 0. The monoisotopic (exact) mass is 262 g/mol. The van der Waals surface area contributed by atoms with Gasteiger partial charge in [0.05, 0.1) is 12.2 Å². The van der Waals surface area contributed by atoms with Gasteiger partial charge < -0.3 is 14.3 Å². The minimum absolute atomic E-state index is 0.184. The second kappa shape index (κ2) is 5.14. The molecule has 0 aliphatic heterocycles. The molecule has 0 aliphatic rings. The number of fused-ring (bicyclic) bond motifs is 1. The molecule has 1 heterocycles. The molecule has 0 radical (unpaired) electrons. The van der Waals surface area contributed by atoms with Crippen molar-refractivity contribution in [2.24, 2.45) is 0 Å². The fourth-order valence-electron chi connectivity index (χ4n) is 1.79. The van der Waals surface area contributed by atoms with Crippen LogP contribution >= 0.6 is 0 Å². The first-order valence-corrected chi connectivity index (χ1v) is 5.96. The zero-order chi connectivity index (χ0) is 14.0. The van der Waals surface area contributed by atoms with Crippen LogP contribution in [-0.2, 0) is 9.53 Å². The van der Waals surface area contributed by atoms with Gasteiger partial charge in [-0.3, -0.25) is 4.79 Å². The van der Waals surface area contributed by atoms with E-state index in [9.17, 15) is 9.59 Å². The normalized spacial score (nSPS) is 12.3. The third-order valence-corrected chi connectivity index (χ3v) is 2.85. The number of carboxylic acids is 1. The molecule has 5 heteroatoms. The average Bonchev–Trinajstić information content (AvgIpc) is 2.80. The van der Waals surface area contributed by atoms with Crippen molar-refractivity contribution in [1.29, 1.82) is 0 Å². The molecule has 0 saturated heterocycles. The third-order valence-electron chi connectivity index (χ3n) is 2.85. The van der Waals surface area contributed by atoms with Gasteiger partial charge in [0.1, 0.15) is 17.3 Å². The number of carboxylic acid groups (broad SMARTS) is 1. The van der Waals surface area contributed by atoms with E-state index in [1.54, 1.807) is 26.0 Å². The van der Waals surface area contributed by atoms with E-state index < -0.39 is 11.9 Å². The highest BCUT2D eigenvalue weighted by molar-refractivity contribution is 5.93. The van der Waals surface area contributed by atoms with E-state index in [1.165, 1.54) is 12.1 Å². The lowest BCUT2D eigenvalue weighted by atomic mass is 10.1. The number of hydrogen-bond donors (Lipinski definition) is 1. The van der Waals surface area contributed by atoms with E-state index in [2.05, 4.69) is 0 Å². The molecule has 5 nitrogen and oxygen atoms in total. The Morgan fingerprint density at radius 2 is 2.11 bits per heavy atom. The molecule has 1 aromatic heterocycles. The first-order valence-electron chi connectivity index (χ1n) is 5.96. The molecule has 0 fully saturated rings. The summed E-state index contributed by atoms with van der Waals surface area (Å²) in [7, 11) is 0. The quantitative estimate of drug-likeness (QED) is 0.857. The molecule has 2 aromatic rings. The largest absolute Gasteiger partial charge is 0.478 e. The van der Waals surface area contributed by atoms with Crippen LogP contribution in [0, 0.1) is 0 Å². The Kier molecular flexibility index (Phi) is 3.55. The summed E-state index contributed by atoms with van der Waals surface area (Å²) in [6, 6.07) is 6.24. The third kappa shape index (κ3) is 2.59. The van der Waals surface area contributed by atoms with Crippen LogP contribution < -0.4 is 0 Å². The van der Waals surface area contributed by atoms with Crippen molar-refractivity contribution < 1.29 is 23.8 Å². The maximum absolute atomic E-state index is 11.6. The highest BCUT2D eigenvalue weighted by Gasteiger charge is 2.20. The van der Waals surface area contributed by atoms with Crippen molar-refractivity contribution in [2.75, 3.05) is 6.61 Å². The molecule has 1 aromatic carbocycles. The Hall–Kier alpha value is -2.30. The first-order chi connectivity index (χ1) is 9.02. The summed E-state index contributed by atoms with van der Waals surface area (Å²) in [5.74, 6) is -1.40. The van der Waals surface area contributed by atoms with Crippen molar-refractivity contribution in [3.05, 3.63) is 35.6 Å². The molecule has 2 rings (SSSR count). The number of benzene rings is 1. The summed E-state index contributed by atoms with van der Waals surface area (Å²) in [6.45, 7) is 3.74. The van der Waals surface area contributed by atoms with Crippen LogP contribution in [0.2, 0.25) is 0 Å². The highest BCUT2D eigenvalue weighted by atomic mass is 16.5. The molecular formula is C14H14O5. The highest BCUT2D eigenvalue weighted by Crippen LogP contribution is 2.26. The predicted molar refractivity (Wildman–Crippen MR) is 68.2 cm³/mol. The van der Waals surface area contributed by atoms with Gasteiger partial charge in [-0.05, 0) is 38.1 Å². The molecule has 1 N–H and O–H groups in total. The summed E-state index contributed by atoms with van der Waals surface area (Å²) in [5, 5.41) is 9.57. The molecule has 19 heavy (non-hydrogen) atoms. The number of carbonyl (C=O) groups excluding carboxylic acids is 1. The predicted octanol–water partition coefficient (Wildman–Crippen LogP) is 2.80. The number of hydrogen-bond acceptors (Lipinski definition) is 4. The van der Waals surface area contributed by atoms with Crippen LogP contribution in [0.4, 0.5) is 0 Å². The minimum Gasteiger partial charge on any atom is -0.478 e. The van der Waals surface area contributed by atoms with Crippen LogP contribution in [0.15, 0.2) is 28.7 Å². The number of esters is 1. The van der Waals surface area contributed by atoms with Crippen LogP contribution in [0.25, 0.3) is 11.0 Å². The van der Waals surface area contributed by atoms with Gasteiger partial charge in [0.15, 0.2) is 0 Å². The average molecular weight is 262 g/mol. The van der Waals surface area contributed by atoms with E-state index in [0.717, 1.165) is 0 Å². The lowest BCUT2D eigenvalue weighted by molar-refractivity contribution is -0.144. The van der Waals surface area contributed by atoms with Gasteiger partial charge in [-0.2, -0.15) is 0 Å². The smallest absolute Gasteiger partial charge is 0.335 e.